The summed E-state index contributed by atoms with van der Waals surface area (Å²) in [7, 11) is 1.42. The van der Waals surface area contributed by atoms with Crippen LogP contribution in [0.1, 0.15) is 35.7 Å². The van der Waals surface area contributed by atoms with E-state index in [9.17, 15) is 9.59 Å². The Morgan fingerprint density at radius 1 is 1.12 bits per heavy atom. The van der Waals surface area contributed by atoms with Crippen molar-refractivity contribution in [2.45, 2.75) is 19.8 Å². The minimum absolute atomic E-state index is 0.135. The first-order valence-electron chi connectivity index (χ1n) is 7.92. The molecule has 5 nitrogen and oxygen atoms in total. The van der Waals surface area contributed by atoms with E-state index >= 15 is 0 Å². The lowest BCUT2D eigenvalue weighted by atomic mass is 10.0. The second-order valence-corrected chi connectivity index (χ2v) is 6.65. The number of halogens is 2. The molecule has 0 radical (unpaired) electrons. The van der Waals surface area contributed by atoms with Gasteiger partial charge in [0.05, 0.1) is 22.7 Å². The van der Waals surface area contributed by atoms with Gasteiger partial charge in [-0.05, 0) is 29.7 Å². The number of para-hydroxylation sites is 1. The molecule has 0 aromatic heterocycles. The van der Waals surface area contributed by atoms with E-state index in [1.54, 1.807) is 6.07 Å². The highest BCUT2D eigenvalue weighted by molar-refractivity contribution is 6.37. The normalized spacial score (nSPS) is 10.5. The highest BCUT2D eigenvalue weighted by Crippen LogP contribution is 2.34. The zero-order chi connectivity index (χ0) is 19.3. The molecule has 0 saturated heterocycles. The monoisotopic (exact) mass is 395 g/mol. The number of rotatable bonds is 6. The van der Waals surface area contributed by atoms with Crippen molar-refractivity contribution < 1.29 is 19.1 Å². The van der Waals surface area contributed by atoms with Gasteiger partial charge in [0.1, 0.15) is 0 Å². The number of benzene rings is 2. The number of carbonyl (C=O) groups excluding carboxylic acids is 2. The number of hydrogen-bond donors (Lipinski definition) is 1. The molecule has 2 aromatic rings. The van der Waals surface area contributed by atoms with Gasteiger partial charge in [-0.2, -0.15) is 0 Å². The second kappa shape index (κ2) is 8.92. The van der Waals surface area contributed by atoms with Crippen molar-refractivity contribution in [2.75, 3.05) is 19.0 Å². The van der Waals surface area contributed by atoms with Crippen LogP contribution in [0.3, 0.4) is 0 Å². The molecule has 0 saturated carbocycles. The number of ether oxygens (including phenoxy) is 2. The number of methoxy groups -OCH3 is 1. The van der Waals surface area contributed by atoms with Crippen molar-refractivity contribution >= 4 is 40.8 Å². The van der Waals surface area contributed by atoms with E-state index in [1.807, 2.05) is 32.0 Å². The van der Waals surface area contributed by atoms with Crippen LogP contribution < -0.4 is 10.1 Å². The highest BCUT2D eigenvalue weighted by Gasteiger charge is 2.16. The molecular formula is C19H19Cl2NO4. The number of carbonyl (C=O) groups is 2. The van der Waals surface area contributed by atoms with Crippen LogP contribution in [0.5, 0.6) is 5.75 Å². The molecule has 1 N–H and O–H groups in total. The minimum atomic E-state index is -0.705. The maximum atomic E-state index is 12.1. The van der Waals surface area contributed by atoms with Crippen molar-refractivity contribution in [3.05, 3.63) is 57.6 Å². The van der Waals surface area contributed by atoms with Crippen LogP contribution in [0.15, 0.2) is 36.4 Å². The van der Waals surface area contributed by atoms with Crippen LogP contribution in [0.4, 0.5) is 5.69 Å². The molecule has 0 aliphatic rings. The average Bonchev–Trinajstić information content (AvgIpc) is 2.59. The quantitative estimate of drug-likeness (QED) is 0.704. The molecule has 0 aliphatic heterocycles. The molecule has 0 fully saturated rings. The first kappa shape index (κ1) is 20.1. The van der Waals surface area contributed by atoms with Gasteiger partial charge in [-0.1, -0.05) is 55.2 Å². The lowest BCUT2D eigenvalue weighted by Gasteiger charge is -2.14. The summed E-state index contributed by atoms with van der Waals surface area (Å²) < 4.78 is 10.1. The molecule has 0 atom stereocenters. The lowest BCUT2D eigenvalue weighted by molar-refractivity contribution is -0.119. The Hall–Kier alpha value is -2.24. The largest absolute Gasteiger partial charge is 0.494 e. The summed E-state index contributed by atoms with van der Waals surface area (Å²) in [6.45, 7) is 3.64. The Labute approximate surface area is 162 Å². The van der Waals surface area contributed by atoms with Crippen LogP contribution in [0.25, 0.3) is 0 Å². The van der Waals surface area contributed by atoms with Gasteiger partial charge in [-0.3, -0.25) is 4.79 Å². The van der Waals surface area contributed by atoms with E-state index < -0.39 is 18.5 Å². The molecule has 0 bridgehead atoms. The number of anilines is 1. The maximum absolute atomic E-state index is 12.1. The fraction of sp³-hybridized carbons (Fsp3) is 0.263. The van der Waals surface area contributed by atoms with Crippen molar-refractivity contribution in [1.82, 2.24) is 0 Å². The van der Waals surface area contributed by atoms with Gasteiger partial charge < -0.3 is 14.8 Å². The second-order valence-electron chi connectivity index (χ2n) is 5.84. The molecule has 26 heavy (non-hydrogen) atoms. The van der Waals surface area contributed by atoms with Crippen LogP contribution in [-0.4, -0.2) is 25.6 Å². The van der Waals surface area contributed by atoms with E-state index in [4.69, 9.17) is 32.7 Å². The smallest absolute Gasteiger partial charge is 0.338 e. The number of esters is 1. The summed E-state index contributed by atoms with van der Waals surface area (Å²) in [6, 6.07) is 10.2. The molecule has 0 unspecified atom stereocenters. The molecule has 1 amide bonds. The topological polar surface area (TPSA) is 64.6 Å². The van der Waals surface area contributed by atoms with Gasteiger partial charge in [0.15, 0.2) is 12.4 Å². The van der Waals surface area contributed by atoms with Crippen LogP contribution in [0.2, 0.25) is 10.0 Å². The molecule has 2 rings (SSSR count). The van der Waals surface area contributed by atoms with E-state index in [-0.39, 0.29) is 27.3 Å². The molecule has 0 aliphatic carbocycles. The SMILES string of the molecule is COc1c(Cl)cc(C(=O)OCC(=O)Nc2ccccc2C(C)C)cc1Cl. The van der Waals surface area contributed by atoms with E-state index in [0.29, 0.717) is 5.69 Å². The molecule has 138 valence electrons. The predicted molar refractivity (Wildman–Crippen MR) is 102 cm³/mol. The van der Waals surface area contributed by atoms with Gasteiger partial charge in [-0.25, -0.2) is 4.79 Å². The van der Waals surface area contributed by atoms with Crippen molar-refractivity contribution in [3.8, 4) is 5.75 Å². The Morgan fingerprint density at radius 3 is 2.31 bits per heavy atom. The highest BCUT2D eigenvalue weighted by atomic mass is 35.5. The third kappa shape index (κ3) is 4.90. The number of nitrogens with one attached hydrogen (secondary N) is 1. The Balaban J connectivity index is 2.01. The fourth-order valence-corrected chi connectivity index (χ4v) is 3.03. The molecule has 7 heteroatoms. The van der Waals surface area contributed by atoms with Gasteiger partial charge in [0.25, 0.3) is 5.91 Å². The van der Waals surface area contributed by atoms with Gasteiger partial charge in [-0.15, -0.1) is 0 Å². The third-order valence-electron chi connectivity index (χ3n) is 3.63. The summed E-state index contributed by atoms with van der Waals surface area (Å²) >= 11 is 12.0. The Morgan fingerprint density at radius 2 is 1.73 bits per heavy atom. The summed E-state index contributed by atoms with van der Waals surface area (Å²) in [5.74, 6) is -0.619. The van der Waals surface area contributed by atoms with Crippen molar-refractivity contribution in [1.29, 1.82) is 0 Å². The zero-order valence-corrected chi connectivity index (χ0v) is 16.1. The minimum Gasteiger partial charge on any atom is -0.494 e. The summed E-state index contributed by atoms with van der Waals surface area (Å²) in [6.07, 6.45) is 0. The maximum Gasteiger partial charge on any atom is 0.338 e. The molecule has 0 heterocycles. The van der Waals surface area contributed by atoms with E-state index in [1.165, 1.54) is 19.2 Å². The molecule has 2 aromatic carbocycles. The van der Waals surface area contributed by atoms with Gasteiger partial charge in [0, 0.05) is 5.69 Å². The van der Waals surface area contributed by atoms with Crippen LogP contribution in [0, 0.1) is 0 Å². The Kier molecular flexibility index (Phi) is 6.89. The summed E-state index contributed by atoms with van der Waals surface area (Å²) in [5, 5.41) is 3.12. The first-order valence-corrected chi connectivity index (χ1v) is 8.68. The van der Waals surface area contributed by atoms with Gasteiger partial charge >= 0.3 is 5.97 Å². The third-order valence-corrected chi connectivity index (χ3v) is 4.19. The van der Waals surface area contributed by atoms with Crippen molar-refractivity contribution in [2.24, 2.45) is 0 Å². The van der Waals surface area contributed by atoms with Crippen LogP contribution >= 0.6 is 23.2 Å². The van der Waals surface area contributed by atoms with Crippen molar-refractivity contribution in [3.63, 3.8) is 0 Å². The lowest BCUT2D eigenvalue weighted by Crippen LogP contribution is -2.21. The average molecular weight is 396 g/mol. The predicted octanol–water partition coefficient (Wildman–Crippen LogP) is 4.92. The standard InChI is InChI=1S/C19H19Cl2NO4/c1-11(2)13-6-4-5-7-16(13)22-17(23)10-26-19(24)12-8-14(20)18(25-3)15(21)9-12/h4-9,11H,10H2,1-3H3,(H,22,23). The van der Waals surface area contributed by atoms with Crippen LogP contribution in [-0.2, 0) is 9.53 Å². The van der Waals surface area contributed by atoms with Gasteiger partial charge in [0.2, 0.25) is 0 Å². The first-order chi connectivity index (χ1) is 12.3. The fourth-order valence-electron chi connectivity index (χ4n) is 2.39. The number of amides is 1. The summed E-state index contributed by atoms with van der Waals surface area (Å²) in [5.41, 5.74) is 1.83. The molecular weight excluding hydrogens is 377 g/mol. The van der Waals surface area contributed by atoms with E-state index in [2.05, 4.69) is 5.32 Å². The summed E-state index contributed by atoms with van der Waals surface area (Å²) in [4.78, 5) is 24.2. The number of hydrogen-bond acceptors (Lipinski definition) is 4. The Bertz CT molecular complexity index is 798. The van der Waals surface area contributed by atoms with E-state index in [0.717, 1.165) is 5.56 Å². The molecule has 0 spiro atoms. The zero-order valence-electron chi connectivity index (χ0n) is 14.6.